The first-order chi connectivity index (χ1) is 6.27. The highest BCUT2D eigenvalue weighted by Crippen LogP contribution is 2.12. The van der Waals surface area contributed by atoms with Gasteiger partial charge in [0.25, 0.3) is 0 Å². The van der Waals surface area contributed by atoms with Crippen LogP contribution in [0.25, 0.3) is 6.08 Å². The van der Waals surface area contributed by atoms with Crippen LogP contribution < -0.4 is 0 Å². The van der Waals surface area contributed by atoms with Crippen LogP contribution in [0.2, 0.25) is 0 Å². The minimum atomic E-state index is 0.0417. The topological polar surface area (TPSA) is 44.0 Å². The monoisotopic (exact) mass is 173 g/mol. The van der Waals surface area contributed by atoms with Crippen molar-refractivity contribution in [3.8, 4) is 6.07 Å². The second-order valence-corrected chi connectivity index (χ2v) is 2.81. The van der Waals surface area contributed by atoms with Gasteiger partial charge in [-0.2, -0.15) is 5.26 Å². The zero-order chi connectivity index (χ0) is 9.68. The van der Waals surface area contributed by atoms with Crippen LogP contribution in [-0.2, 0) is 6.61 Å². The highest BCUT2D eigenvalue weighted by Gasteiger charge is 1.96. The number of benzene rings is 1. The molecule has 0 aliphatic heterocycles. The van der Waals surface area contributed by atoms with Gasteiger partial charge in [0.05, 0.1) is 12.7 Å². The predicted octanol–water partition coefficient (Wildman–Crippen LogP) is 2.02. The van der Waals surface area contributed by atoms with Crippen molar-refractivity contribution in [2.75, 3.05) is 0 Å². The summed E-state index contributed by atoms with van der Waals surface area (Å²) in [6, 6.07) is 7.66. The summed E-state index contributed by atoms with van der Waals surface area (Å²) in [5.74, 6) is 0. The maximum absolute atomic E-state index is 8.98. The van der Waals surface area contributed by atoms with Crippen molar-refractivity contribution in [2.45, 2.75) is 13.5 Å². The molecule has 0 saturated carbocycles. The fourth-order valence-electron chi connectivity index (χ4n) is 1.10. The molecule has 0 radical (unpaired) electrons. The van der Waals surface area contributed by atoms with Crippen LogP contribution in [0, 0.1) is 18.3 Å². The van der Waals surface area contributed by atoms with E-state index in [9.17, 15) is 0 Å². The molecule has 13 heavy (non-hydrogen) atoms. The van der Waals surface area contributed by atoms with E-state index in [4.69, 9.17) is 10.4 Å². The van der Waals surface area contributed by atoms with Crippen molar-refractivity contribution in [1.82, 2.24) is 0 Å². The van der Waals surface area contributed by atoms with Crippen LogP contribution in [0.4, 0.5) is 0 Å². The lowest BCUT2D eigenvalue weighted by molar-refractivity contribution is 0.281. The van der Waals surface area contributed by atoms with Gasteiger partial charge in [0, 0.05) is 6.08 Å². The van der Waals surface area contributed by atoms with E-state index in [0.717, 1.165) is 16.7 Å². The first-order valence-corrected chi connectivity index (χ1v) is 4.04. The van der Waals surface area contributed by atoms with Crippen LogP contribution in [0.1, 0.15) is 16.7 Å². The number of aliphatic hydroxyl groups excluding tert-OH is 1. The largest absolute Gasteiger partial charge is 0.392 e. The molecule has 2 nitrogen and oxygen atoms in total. The number of nitrogens with zero attached hydrogens (tertiary/aromatic N) is 1. The molecule has 1 aromatic rings. The van der Waals surface area contributed by atoms with Gasteiger partial charge in [0.1, 0.15) is 0 Å². The Morgan fingerprint density at radius 1 is 1.54 bits per heavy atom. The number of nitriles is 1. The Hall–Kier alpha value is -1.59. The molecule has 66 valence electrons. The maximum atomic E-state index is 8.98. The van der Waals surface area contributed by atoms with Crippen molar-refractivity contribution >= 4 is 6.08 Å². The normalized spacial score (nSPS) is 10.2. The van der Waals surface area contributed by atoms with E-state index in [2.05, 4.69) is 0 Å². The molecule has 0 aliphatic rings. The minimum Gasteiger partial charge on any atom is -0.392 e. The smallest absolute Gasteiger partial charge is 0.0912 e. The summed E-state index contributed by atoms with van der Waals surface area (Å²) in [7, 11) is 0. The number of aryl methyl sites for hydroxylation is 1. The lowest BCUT2D eigenvalue weighted by Gasteiger charge is -2.02. The van der Waals surface area contributed by atoms with E-state index in [1.54, 1.807) is 6.08 Å². The van der Waals surface area contributed by atoms with Crippen molar-refractivity contribution in [1.29, 1.82) is 5.26 Å². The molecule has 0 aliphatic carbocycles. The molecular formula is C11H11NO. The summed E-state index contributed by atoms with van der Waals surface area (Å²) in [6.07, 6.45) is 3.14. The fraction of sp³-hybridized carbons (Fsp3) is 0.182. The lowest BCUT2D eigenvalue weighted by atomic mass is 10.1. The zero-order valence-electron chi connectivity index (χ0n) is 7.49. The average Bonchev–Trinajstić information content (AvgIpc) is 2.16. The maximum Gasteiger partial charge on any atom is 0.0912 e. The number of aliphatic hydroxyl groups is 1. The van der Waals surface area contributed by atoms with Crippen LogP contribution >= 0.6 is 0 Å². The quantitative estimate of drug-likeness (QED) is 0.695. The molecular weight excluding hydrogens is 162 g/mol. The molecule has 1 N–H and O–H groups in total. The zero-order valence-corrected chi connectivity index (χ0v) is 7.49. The molecule has 0 unspecified atom stereocenters. The summed E-state index contributed by atoms with van der Waals surface area (Å²) in [5.41, 5.74) is 2.91. The number of hydrogen-bond acceptors (Lipinski definition) is 2. The van der Waals surface area contributed by atoms with Crippen LogP contribution in [-0.4, -0.2) is 5.11 Å². The second-order valence-electron chi connectivity index (χ2n) is 2.81. The molecule has 0 aromatic heterocycles. The van der Waals surface area contributed by atoms with Gasteiger partial charge in [-0.15, -0.1) is 0 Å². The molecule has 0 bridgehead atoms. The van der Waals surface area contributed by atoms with Gasteiger partial charge in [-0.3, -0.25) is 0 Å². The molecule has 0 saturated heterocycles. The van der Waals surface area contributed by atoms with Gasteiger partial charge < -0.3 is 5.11 Å². The van der Waals surface area contributed by atoms with Crippen molar-refractivity contribution in [3.05, 3.63) is 41.0 Å². The van der Waals surface area contributed by atoms with E-state index in [0.29, 0.717) is 0 Å². The van der Waals surface area contributed by atoms with Crippen molar-refractivity contribution < 1.29 is 5.11 Å². The Morgan fingerprint density at radius 3 is 2.92 bits per heavy atom. The Labute approximate surface area is 77.8 Å². The Bertz CT molecular complexity index is 361. The van der Waals surface area contributed by atoms with Crippen LogP contribution in [0.5, 0.6) is 0 Å². The molecule has 0 atom stereocenters. The second kappa shape index (κ2) is 4.44. The summed E-state index contributed by atoms with van der Waals surface area (Å²) < 4.78 is 0. The van der Waals surface area contributed by atoms with Gasteiger partial charge in [0.15, 0.2) is 0 Å². The summed E-state index contributed by atoms with van der Waals surface area (Å²) in [4.78, 5) is 0. The van der Waals surface area contributed by atoms with Gasteiger partial charge in [-0.1, -0.05) is 12.1 Å². The number of hydrogen-bond donors (Lipinski definition) is 1. The van der Waals surface area contributed by atoms with E-state index in [1.807, 2.05) is 31.2 Å². The predicted molar refractivity (Wildman–Crippen MR) is 51.7 cm³/mol. The van der Waals surface area contributed by atoms with Gasteiger partial charge >= 0.3 is 0 Å². The van der Waals surface area contributed by atoms with E-state index in [-0.39, 0.29) is 6.61 Å². The third-order valence-corrected chi connectivity index (χ3v) is 1.89. The Morgan fingerprint density at radius 2 is 2.31 bits per heavy atom. The van der Waals surface area contributed by atoms with Gasteiger partial charge in [-0.25, -0.2) is 0 Å². The lowest BCUT2D eigenvalue weighted by Crippen LogP contribution is -1.88. The van der Waals surface area contributed by atoms with Crippen LogP contribution in [0.15, 0.2) is 24.3 Å². The molecule has 0 heterocycles. The van der Waals surface area contributed by atoms with Crippen molar-refractivity contribution in [2.24, 2.45) is 0 Å². The Kier molecular flexibility index (Phi) is 3.24. The highest BCUT2D eigenvalue weighted by molar-refractivity contribution is 5.53. The third kappa shape index (κ3) is 2.43. The average molecular weight is 173 g/mol. The SMILES string of the molecule is Cc1ccc(C=CC#N)cc1CO. The van der Waals surface area contributed by atoms with E-state index < -0.39 is 0 Å². The summed E-state index contributed by atoms with van der Waals surface area (Å²) in [6.45, 7) is 1.99. The van der Waals surface area contributed by atoms with Gasteiger partial charge in [-0.05, 0) is 35.8 Å². The summed E-state index contributed by atoms with van der Waals surface area (Å²) in [5, 5.41) is 17.3. The standard InChI is InChI=1S/C11H11NO/c1-9-4-5-10(3-2-6-12)7-11(9)8-13/h2-5,7,13H,8H2,1H3. The minimum absolute atomic E-state index is 0.0417. The highest BCUT2D eigenvalue weighted by atomic mass is 16.3. The van der Waals surface area contributed by atoms with E-state index >= 15 is 0 Å². The third-order valence-electron chi connectivity index (χ3n) is 1.89. The first kappa shape index (κ1) is 9.50. The molecule has 2 heteroatoms. The summed E-state index contributed by atoms with van der Waals surface area (Å²) >= 11 is 0. The first-order valence-electron chi connectivity index (χ1n) is 4.04. The van der Waals surface area contributed by atoms with Gasteiger partial charge in [0.2, 0.25) is 0 Å². The molecule has 1 rings (SSSR count). The fourth-order valence-corrected chi connectivity index (χ4v) is 1.10. The molecule has 1 aromatic carbocycles. The van der Waals surface area contributed by atoms with Crippen molar-refractivity contribution in [3.63, 3.8) is 0 Å². The molecule has 0 spiro atoms. The molecule has 0 fully saturated rings. The Balaban J connectivity index is 3.01. The molecule has 0 amide bonds. The number of allylic oxidation sites excluding steroid dienone is 1. The number of rotatable bonds is 2. The van der Waals surface area contributed by atoms with Crippen LogP contribution in [0.3, 0.4) is 0 Å². The van der Waals surface area contributed by atoms with E-state index in [1.165, 1.54) is 6.08 Å².